The predicted molar refractivity (Wildman–Crippen MR) is 156 cm³/mol. The van der Waals surface area contributed by atoms with Gasteiger partial charge in [0.1, 0.15) is 17.4 Å². The third-order valence-electron chi connectivity index (χ3n) is 8.92. The van der Waals surface area contributed by atoms with Crippen LogP contribution < -0.4 is 15.4 Å². The Kier molecular flexibility index (Phi) is 8.32. The number of nitrogens with one attached hydrogen (secondary N) is 2. The lowest BCUT2D eigenvalue weighted by Gasteiger charge is -2.34. The first-order valence-corrected chi connectivity index (χ1v) is 14.8. The van der Waals surface area contributed by atoms with Crippen molar-refractivity contribution < 1.29 is 29.0 Å². The highest BCUT2D eigenvalue weighted by Gasteiger charge is 2.78. The summed E-state index contributed by atoms with van der Waals surface area (Å²) in [6.45, 7) is 6.51. The molecule has 3 amide bonds. The zero-order valence-electron chi connectivity index (χ0n) is 23.7. The number of likely N-dealkylation sites (tertiary alicyclic amines) is 1. The fraction of sp³-hybridized carbons (Fsp3) is 0.516. The number of unbranched alkanes of at least 4 members (excludes halogenated alkanes) is 1. The van der Waals surface area contributed by atoms with Gasteiger partial charge in [0.15, 0.2) is 0 Å². The van der Waals surface area contributed by atoms with Crippen LogP contribution in [0.3, 0.4) is 0 Å². The van der Waals surface area contributed by atoms with Crippen molar-refractivity contribution in [3.8, 4) is 5.75 Å². The normalized spacial score (nSPS) is 28.1. The predicted octanol–water partition coefficient (Wildman–Crippen LogP) is 4.55. The molecule has 3 heterocycles. The van der Waals surface area contributed by atoms with Crippen molar-refractivity contribution in [2.75, 3.05) is 30.4 Å². The number of anilines is 2. The Morgan fingerprint density at radius 1 is 1.10 bits per heavy atom. The van der Waals surface area contributed by atoms with E-state index in [9.17, 15) is 19.5 Å². The number of aliphatic hydroxyl groups excluding tert-OH is 1. The summed E-state index contributed by atoms with van der Waals surface area (Å²) in [6.07, 6.45) is 2.58. The molecule has 3 N–H and O–H groups in total. The Morgan fingerprint density at radius 3 is 2.51 bits per heavy atom. The minimum Gasteiger partial charge on any atom is -0.494 e. The molecule has 2 unspecified atom stereocenters. The van der Waals surface area contributed by atoms with Crippen LogP contribution in [0.15, 0.2) is 42.5 Å². The highest BCUT2D eigenvalue weighted by Crippen LogP contribution is 2.64. The van der Waals surface area contributed by atoms with Crippen LogP contribution in [0.1, 0.15) is 51.5 Å². The standard InChI is InChI=1S/C31H38ClN3O6/c1-4-30-15-16-31(41-30)24(23(30)27(37)33-20-11-13-21(14-12-20)40-5-2)29(39)35(17-6-7-18-36)26(31)28(38)34-25-19(3)9-8-10-22(25)32/h8-14,23-24,26,36H,4-7,15-18H2,1-3H3,(H,33,37)(H,34,38)/t23-,24-,26?,30+,31?/m0/s1. The topological polar surface area (TPSA) is 117 Å². The summed E-state index contributed by atoms with van der Waals surface area (Å²) in [7, 11) is 0. The van der Waals surface area contributed by atoms with Crippen LogP contribution in [0.25, 0.3) is 0 Å². The Morgan fingerprint density at radius 2 is 1.85 bits per heavy atom. The lowest BCUT2D eigenvalue weighted by molar-refractivity contribution is -0.144. The first-order chi connectivity index (χ1) is 19.7. The van der Waals surface area contributed by atoms with E-state index < -0.39 is 29.1 Å². The average molecular weight is 584 g/mol. The van der Waals surface area contributed by atoms with Crippen molar-refractivity contribution in [1.82, 2.24) is 4.90 Å². The van der Waals surface area contributed by atoms with Crippen LogP contribution in [0.5, 0.6) is 5.75 Å². The molecule has 3 fully saturated rings. The molecule has 5 rings (SSSR count). The number of benzene rings is 2. The summed E-state index contributed by atoms with van der Waals surface area (Å²) < 4.78 is 12.3. The van der Waals surface area contributed by atoms with Crippen LogP contribution in [0.2, 0.25) is 5.02 Å². The van der Waals surface area contributed by atoms with Gasteiger partial charge in [0, 0.05) is 18.8 Å². The molecule has 3 aliphatic heterocycles. The van der Waals surface area contributed by atoms with Crippen LogP contribution in [0, 0.1) is 18.8 Å². The summed E-state index contributed by atoms with van der Waals surface area (Å²) in [4.78, 5) is 43.8. The number of nitrogens with zero attached hydrogens (tertiary/aromatic N) is 1. The largest absolute Gasteiger partial charge is 0.494 e. The summed E-state index contributed by atoms with van der Waals surface area (Å²) >= 11 is 6.43. The second-order valence-electron chi connectivity index (χ2n) is 11.2. The number of carbonyl (C=O) groups is 3. The van der Waals surface area contributed by atoms with E-state index in [4.69, 9.17) is 21.1 Å². The van der Waals surface area contributed by atoms with Crippen molar-refractivity contribution in [2.24, 2.45) is 11.8 Å². The number of rotatable bonds is 11. The van der Waals surface area contributed by atoms with Crippen molar-refractivity contribution in [3.63, 3.8) is 0 Å². The molecule has 0 radical (unpaired) electrons. The van der Waals surface area contributed by atoms with E-state index in [1.54, 1.807) is 35.2 Å². The number of ether oxygens (including phenoxy) is 2. The van der Waals surface area contributed by atoms with Gasteiger partial charge in [-0.1, -0.05) is 30.7 Å². The van der Waals surface area contributed by atoms with Crippen molar-refractivity contribution in [1.29, 1.82) is 0 Å². The maximum Gasteiger partial charge on any atom is 0.250 e. The minimum absolute atomic E-state index is 0.0190. The van der Waals surface area contributed by atoms with E-state index in [2.05, 4.69) is 10.6 Å². The average Bonchev–Trinajstić information content (AvgIpc) is 3.56. The number of para-hydroxylation sites is 1. The SMILES string of the molecule is CCOc1ccc(NC(=O)[C@@H]2[C@H]3C(=O)N(CCCCO)C(C(=O)Nc4c(C)cccc4Cl)C34CC[C@@]2(CC)O4)cc1. The second kappa shape index (κ2) is 11.6. The molecule has 2 bridgehead atoms. The fourth-order valence-corrected chi connectivity index (χ4v) is 7.32. The highest BCUT2D eigenvalue weighted by molar-refractivity contribution is 6.34. The van der Waals surface area contributed by atoms with Gasteiger partial charge in [0.2, 0.25) is 17.7 Å². The van der Waals surface area contributed by atoms with Gasteiger partial charge in [-0.3, -0.25) is 14.4 Å². The summed E-state index contributed by atoms with van der Waals surface area (Å²) in [6, 6.07) is 11.5. The molecule has 1 spiro atoms. The number of aryl methyl sites for hydroxylation is 1. The second-order valence-corrected chi connectivity index (χ2v) is 11.6. The smallest absolute Gasteiger partial charge is 0.250 e. The summed E-state index contributed by atoms with van der Waals surface area (Å²) in [5.41, 5.74) is -0.122. The molecule has 3 aliphatic rings. The number of fused-ring (bicyclic) bond motifs is 1. The first-order valence-electron chi connectivity index (χ1n) is 14.4. The number of hydrogen-bond donors (Lipinski definition) is 3. The van der Waals surface area contributed by atoms with Gasteiger partial charge in [0.05, 0.1) is 34.8 Å². The van der Waals surface area contributed by atoms with E-state index >= 15 is 0 Å². The fourth-order valence-electron chi connectivity index (χ4n) is 7.05. The van der Waals surface area contributed by atoms with E-state index in [0.717, 1.165) is 5.56 Å². The lowest BCUT2D eigenvalue weighted by Crippen LogP contribution is -2.53. The lowest BCUT2D eigenvalue weighted by atomic mass is 9.65. The maximum atomic E-state index is 14.2. The van der Waals surface area contributed by atoms with E-state index in [1.807, 2.05) is 32.9 Å². The van der Waals surface area contributed by atoms with Crippen LogP contribution in [0.4, 0.5) is 11.4 Å². The molecule has 220 valence electrons. The Labute approximate surface area is 245 Å². The highest BCUT2D eigenvalue weighted by atomic mass is 35.5. The first kappa shape index (κ1) is 29.4. The Balaban J connectivity index is 1.49. The van der Waals surface area contributed by atoms with Gasteiger partial charge < -0.3 is 30.1 Å². The maximum absolute atomic E-state index is 14.2. The van der Waals surface area contributed by atoms with Crippen LogP contribution >= 0.6 is 11.6 Å². The molecule has 10 heteroatoms. The van der Waals surface area contributed by atoms with Gasteiger partial charge in [-0.25, -0.2) is 0 Å². The Bertz CT molecular complexity index is 1300. The molecule has 0 aromatic heterocycles. The molecular weight excluding hydrogens is 546 g/mol. The zero-order valence-corrected chi connectivity index (χ0v) is 24.5. The van der Waals surface area contributed by atoms with E-state index in [0.29, 0.717) is 60.9 Å². The van der Waals surface area contributed by atoms with Crippen molar-refractivity contribution >= 4 is 40.7 Å². The van der Waals surface area contributed by atoms with Crippen molar-refractivity contribution in [2.45, 2.75) is 70.1 Å². The molecule has 2 aromatic carbocycles. The summed E-state index contributed by atoms with van der Waals surface area (Å²) in [5.74, 6) is -1.82. The van der Waals surface area contributed by atoms with Crippen LogP contribution in [-0.2, 0) is 19.1 Å². The number of halogens is 1. The van der Waals surface area contributed by atoms with Gasteiger partial charge >= 0.3 is 0 Å². The van der Waals surface area contributed by atoms with Gasteiger partial charge in [-0.2, -0.15) is 0 Å². The number of hydrogen-bond acceptors (Lipinski definition) is 6. The molecular formula is C31H38ClN3O6. The zero-order chi connectivity index (χ0) is 29.4. The van der Waals surface area contributed by atoms with E-state index in [-0.39, 0.29) is 30.9 Å². The van der Waals surface area contributed by atoms with Gasteiger partial charge in [0.25, 0.3) is 0 Å². The molecule has 0 aliphatic carbocycles. The molecule has 9 nitrogen and oxygen atoms in total. The monoisotopic (exact) mass is 583 g/mol. The van der Waals surface area contributed by atoms with Gasteiger partial charge in [-0.15, -0.1) is 0 Å². The number of amides is 3. The Hall–Kier alpha value is -3.14. The third-order valence-corrected chi connectivity index (χ3v) is 9.24. The summed E-state index contributed by atoms with van der Waals surface area (Å²) in [5, 5.41) is 15.8. The van der Waals surface area contributed by atoms with Gasteiger partial charge in [-0.05, 0) is 81.8 Å². The van der Waals surface area contributed by atoms with E-state index in [1.165, 1.54) is 0 Å². The molecule has 5 atom stereocenters. The van der Waals surface area contributed by atoms with Crippen molar-refractivity contribution in [3.05, 3.63) is 53.1 Å². The molecule has 2 aromatic rings. The molecule has 41 heavy (non-hydrogen) atoms. The quantitative estimate of drug-likeness (QED) is 0.334. The number of aliphatic hydroxyl groups is 1. The minimum atomic E-state index is -1.15. The number of carbonyl (C=O) groups excluding carboxylic acids is 3. The van der Waals surface area contributed by atoms with Crippen LogP contribution in [-0.4, -0.2) is 64.7 Å². The molecule has 3 saturated heterocycles. The third kappa shape index (κ3) is 4.98. The molecule has 0 saturated carbocycles.